The number of carbonyl (C=O) groups is 2. The third-order valence-electron chi connectivity index (χ3n) is 4.47. The quantitative estimate of drug-likeness (QED) is 0.836. The van der Waals surface area contributed by atoms with Gasteiger partial charge in [-0.2, -0.15) is 0 Å². The van der Waals surface area contributed by atoms with Gasteiger partial charge in [-0.15, -0.1) is 0 Å². The predicted octanol–water partition coefficient (Wildman–Crippen LogP) is 2.81. The zero-order valence-electron chi connectivity index (χ0n) is 12.0. The molecule has 2 bridgehead atoms. The standard InChI is InChI=1S/C16H16ClNO4/c1-22-12-5-4-10(17)7-11(12)18-15(19)13-8-2-3-9(6-8)14(13)16(20)21/h2-5,7-9,13-14H,6H2,1H3,(H,18,19)(H,20,21)/t8-,9+,13-,14+/m1/s1. The van der Waals surface area contributed by atoms with Crippen LogP contribution in [0, 0.1) is 23.7 Å². The lowest BCUT2D eigenvalue weighted by atomic mass is 9.82. The number of carbonyl (C=O) groups excluding carboxylic acids is 1. The number of rotatable bonds is 4. The van der Waals surface area contributed by atoms with E-state index in [0.29, 0.717) is 16.5 Å². The number of anilines is 1. The lowest BCUT2D eigenvalue weighted by molar-refractivity contribution is -0.146. The Bertz CT molecular complexity index is 658. The van der Waals surface area contributed by atoms with Gasteiger partial charge in [-0.1, -0.05) is 23.8 Å². The molecule has 0 radical (unpaired) electrons. The highest BCUT2D eigenvalue weighted by atomic mass is 35.5. The first-order valence-electron chi connectivity index (χ1n) is 7.07. The van der Waals surface area contributed by atoms with E-state index in [0.717, 1.165) is 6.42 Å². The fourth-order valence-corrected chi connectivity index (χ4v) is 3.68. The van der Waals surface area contributed by atoms with Crippen LogP contribution in [-0.4, -0.2) is 24.1 Å². The Morgan fingerprint density at radius 3 is 2.59 bits per heavy atom. The van der Waals surface area contributed by atoms with E-state index in [1.165, 1.54) is 7.11 Å². The number of carboxylic acids is 1. The molecule has 0 aromatic heterocycles. The molecule has 2 aliphatic carbocycles. The molecule has 0 unspecified atom stereocenters. The normalized spacial score (nSPS) is 28.6. The second-order valence-electron chi connectivity index (χ2n) is 5.67. The van der Waals surface area contributed by atoms with Crippen molar-refractivity contribution in [1.29, 1.82) is 0 Å². The van der Waals surface area contributed by atoms with Crippen molar-refractivity contribution in [3.8, 4) is 5.75 Å². The first-order valence-corrected chi connectivity index (χ1v) is 7.44. The molecule has 0 saturated heterocycles. The number of hydrogen-bond acceptors (Lipinski definition) is 3. The van der Waals surface area contributed by atoms with Crippen LogP contribution in [0.1, 0.15) is 6.42 Å². The molecule has 6 heteroatoms. The molecule has 1 aromatic rings. The minimum Gasteiger partial charge on any atom is -0.495 e. The monoisotopic (exact) mass is 321 g/mol. The van der Waals surface area contributed by atoms with E-state index >= 15 is 0 Å². The summed E-state index contributed by atoms with van der Waals surface area (Å²) in [5.74, 6) is -2.03. The Kier molecular flexibility index (Phi) is 3.83. The maximum Gasteiger partial charge on any atom is 0.307 e. The average Bonchev–Trinajstić information content (AvgIpc) is 3.08. The summed E-state index contributed by atoms with van der Waals surface area (Å²) in [6, 6.07) is 4.92. The Balaban J connectivity index is 1.84. The van der Waals surface area contributed by atoms with Gasteiger partial charge < -0.3 is 15.2 Å². The first kappa shape index (κ1) is 14.9. The number of carboxylic acid groups (broad SMARTS) is 1. The molecular formula is C16H16ClNO4. The number of benzene rings is 1. The topological polar surface area (TPSA) is 75.6 Å². The largest absolute Gasteiger partial charge is 0.495 e. The Morgan fingerprint density at radius 2 is 1.95 bits per heavy atom. The highest BCUT2D eigenvalue weighted by molar-refractivity contribution is 6.31. The second kappa shape index (κ2) is 5.65. The van der Waals surface area contributed by atoms with Crippen molar-refractivity contribution in [3.05, 3.63) is 35.4 Å². The van der Waals surface area contributed by atoms with Gasteiger partial charge >= 0.3 is 5.97 Å². The van der Waals surface area contributed by atoms with Crippen molar-refractivity contribution >= 4 is 29.2 Å². The second-order valence-corrected chi connectivity index (χ2v) is 6.11. The summed E-state index contributed by atoms with van der Waals surface area (Å²) in [7, 11) is 1.50. The molecule has 1 aromatic carbocycles. The molecule has 116 valence electrons. The number of halogens is 1. The van der Waals surface area contributed by atoms with Gasteiger partial charge in [-0.05, 0) is 36.5 Å². The smallest absolute Gasteiger partial charge is 0.307 e. The van der Waals surface area contributed by atoms with Crippen molar-refractivity contribution in [2.45, 2.75) is 6.42 Å². The zero-order valence-corrected chi connectivity index (χ0v) is 12.7. The SMILES string of the molecule is COc1ccc(Cl)cc1NC(=O)[C@H]1[C@@H](C(=O)O)[C@H]2C=C[C@@H]1C2. The fraction of sp³-hybridized carbons (Fsp3) is 0.375. The van der Waals surface area contributed by atoms with Crippen LogP contribution in [0.15, 0.2) is 30.4 Å². The number of fused-ring (bicyclic) bond motifs is 2. The highest BCUT2D eigenvalue weighted by Crippen LogP contribution is 2.48. The van der Waals surface area contributed by atoms with Gasteiger partial charge in [0.2, 0.25) is 5.91 Å². The number of amides is 1. The fourth-order valence-electron chi connectivity index (χ4n) is 3.51. The molecule has 0 heterocycles. The Labute approximate surface area is 132 Å². The van der Waals surface area contributed by atoms with Gasteiger partial charge in [0.05, 0.1) is 24.6 Å². The minimum absolute atomic E-state index is 0.0173. The third-order valence-corrected chi connectivity index (χ3v) is 4.70. The summed E-state index contributed by atoms with van der Waals surface area (Å²) in [4.78, 5) is 24.1. The molecule has 2 aliphatic rings. The first-order chi connectivity index (χ1) is 10.5. The molecule has 4 atom stereocenters. The van der Waals surface area contributed by atoms with Crippen LogP contribution < -0.4 is 10.1 Å². The maximum absolute atomic E-state index is 12.6. The van der Waals surface area contributed by atoms with Crippen LogP contribution in [0.3, 0.4) is 0 Å². The molecular weight excluding hydrogens is 306 g/mol. The number of methoxy groups -OCH3 is 1. The zero-order chi connectivity index (χ0) is 15.9. The third kappa shape index (κ3) is 2.46. The van der Waals surface area contributed by atoms with Gasteiger partial charge in [-0.3, -0.25) is 9.59 Å². The highest BCUT2D eigenvalue weighted by Gasteiger charge is 2.51. The van der Waals surface area contributed by atoms with Crippen LogP contribution in [-0.2, 0) is 9.59 Å². The predicted molar refractivity (Wildman–Crippen MR) is 82.0 cm³/mol. The summed E-state index contributed by atoms with van der Waals surface area (Å²) in [6.45, 7) is 0. The molecule has 22 heavy (non-hydrogen) atoms. The summed E-state index contributed by atoms with van der Waals surface area (Å²) >= 11 is 5.95. The van der Waals surface area contributed by atoms with Gasteiger partial charge in [0.25, 0.3) is 0 Å². The summed E-state index contributed by atoms with van der Waals surface area (Å²) in [5, 5.41) is 12.6. The number of aliphatic carboxylic acids is 1. The maximum atomic E-state index is 12.6. The van der Waals surface area contributed by atoms with Crippen LogP contribution in [0.4, 0.5) is 5.69 Å². The minimum atomic E-state index is -0.921. The number of allylic oxidation sites excluding steroid dienone is 2. The van der Waals surface area contributed by atoms with Crippen molar-refractivity contribution in [3.63, 3.8) is 0 Å². The van der Waals surface area contributed by atoms with E-state index < -0.39 is 17.8 Å². The molecule has 1 amide bonds. The van der Waals surface area contributed by atoms with Crippen molar-refractivity contribution < 1.29 is 19.4 Å². The number of hydrogen-bond donors (Lipinski definition) is 2. The van der Waals surface area contributed by atoms with Crippen molar-refractivity contribution in [1.82, 2.24) is 0 Å². The molecule has 0 aliphatic heterocycles. The summed E-state index contributed by atoms with van der Waals surface area (Å²) in [5.41, 5.74) is 0.455. The van der Waals surface area contributed by atoms with Gasteiger partial charge in [-0.25, -0.2) is 0 Å². The molecule has 1 saturated carbocycles. The van der Waals surface area contributed by atoms with Gasteiger partial charge in [0.1, 0.15) is 5.75 Å². The Hall–Kier alpha value is -2.01. The lowest BCUT2D eigenvalue weighted by Crippen LogP contribution is -2.36. The van der Waals surface area contributed by atoms with E-state index in [9.17, 15) is 14.7 Å². The van der Waals surface area contributed by atoms with Crippen LogP contribution in [0.2, 0.25) is 5.02 Å². The molecule has 2 N–H and O–H groups in total. The van der Waals surface area contributed by atoms with Crippen LogP contribution in [0.25, 0.3) is 0 Å². The lowest BCUT2D eigenvalue weighted by Gasteiger charge is -2.24. The van der Waals surface area contributed by atoms with Crippen LogP contribution in [0.5, 0.6) is 5.75 Å². The molecule has 5 nitrogen and oxygen atoms in total. The van der Waals surface area contributed by atoms with E-state index in [1.807, 2.05) is 12.2 Å². The number of nitrogens with one attached hydrogen (secondary N) is 1. The molecule has 1 fully saturated rings. The van der Waals surface area contributed by atoms with Gasteiger partial charge in [0.15, 0.2) is 0 Å². The molecule has 0 spiro atoms. The molecule has 3 rings (SSSR count). The summed E-state index contributed by atoms with van der Waals surface area (Å²) < 4.78 is 5.20. The number of ether oxygens (including phenoxy) is 1. The van der Waals surface area contributed by atoms with Crippen LogP contribution >= 0.6 is 11.6 Å². The van der Waals surface area contributed by atoms with E-state index in [4.69, 9.17) is 16.3 Å². The Morgan fingerprint density at radius 1 is 1.27 bits per heavy atom. The van der Waals surface area contributed by atoms with Crippen molar-refractivity contribution in [2.24, 2.45) is 23.7 Å². The van der Waals surface area contributed by atoms with E-state index in [1.54, 1.807) is 18.2 Å². The van der Waals surface area contributed by atoms with Gasteiger partial charge in [0, 0.05) is 5.02 Å². The average molecular weight is 322 g/mol. The van der Waals surface area contributed by atoms with E-state index in [-0.39, 0.29) is 17.7 Å². The van der Waals surface area contributed by atoms with Crippen molar-refractivity contribution in [2.75, 3.05) is 12.4 Å². The van der Waals surface area contributed by atoms with E-state index in [2.05, 4.69) is 5.32 Å². The summed E-state index contributed by atoms with van der Waals surface area (Å²) in [6.07, 6.45) is 4.58.